The number of amides is 1. The summed E-state index contributed by atoms with van der Waals surface area (Å²) in [6, 6.07) is 4.81. The average Bonchev–Trinajstić information content (AvgIpc) is 2.28. The predicted octanol–water partition coefficient (Wildman–Crippen LogP) is 0.0777. The van der Waals surface area contributed by atoms with Crippen LogP contribution in [0.2, 0.25) is 5.02 Å². The van der Waals surface area contributed by atoms with Gasteiger partial charge >= 0.3 is 0 Å². The van der Waals surface area contributed by atoms with Gasteiger partial charge in [0.2, 0.25) is 15.9 Å². The van der Waals surface area contributed by atoms with Crippen molar-refractivity contribution in [1.29, 1.82) is 0 Å². The normalized spacial score (nSPS) is 11.5. The molecule has 4 N–H and O–H groups in total. The Morgan fingerprint density at radius 1 is 1.37 bits per heavy atom. The Morgan fingerprint density at radius 3 is 2.58 bits per heavy atom. The summed E-state index contributed by atoms with van der Waals surface area (Å²) >= 11 is 6.00. The smallest absolute Gasteiger partial charge is 0.248 e. The van der Waals surface area contributed by atoms with Crippen LogP contribution in [0, 0.1) is 0 Å². The maximum absolute atomic E-state index is 10.9. The molecule has 19 heavy (non-hydrogen) atoms. The first-order chi connectivity index (χ1) is 8.79. The maximum atomic E-state index is 10.9. The summed E-state index contributed by atoms with van der Waals surface area (Å²) < 4.78 is 24.0. The fourth-order valence-corrected chi connectivity index (χ4v) is 2.11. The third kappa shape index (κ3) is 6.02. The Labute approximate surface area is 117 Å². The highest BCUT2D eigenvalue weighted by atomic mass is 35.5. The van der Waals surface area contributed by atoms with E-state index < -0.39 is 15.9 Å². The van der Waals surface area contributed by atoms with Crippen LogP contribution in [0.4, 0.5) is 0 Å². The predicted molar refractivity (Wildman–Crippen MR) is 74.5 cm³/mol. The molecule has 0 bridgehead atoms. The Balaban J connectivity index is 2.44. The molecular weight excluding hydrogens is 290 g/mol. The highest BCUT2D eigenvalue weighted by molar-refractivity contribution is 7.88. The van der Waals surface area contributed by atoms with Gasteiger partial charge in [0.1, 0.15) is 0 Å². The first-order valence-corrected chi connectivity index (χ1v) is 7.80. The second kappa shape index (κ2) is 6.85. The van der Waals surface area contributed by atoms with Crippen LogP contribution >= 0.6 is 11.6 Å². The first kappa shape index (κ1) is 15.9. The number of hydrogen-bond acceptors (Lipinski definition) is 4. The molecule has 0 aliphatic rings. The lowest BCUT2D eigenvalue weighted by atomic mass is 10.1. The van der Waals surface area contributed by atoms with Crippen molar-refractivity contribution in [1.82, 2.24) is 10.0 Å². The number of nitrogens with two attached hydrogens (primary N) is 1. The van der Waals surface area contributed by atoms with Crippen molar-refractivity contribution in [3.63, 3.8) is 0 Å². The van der Waals surface area contributed by atoms with Crippen molar-refractivity contribution >= 4 is 27.5 Å². The van der Waals surface area contributed by atoms with E-state index in [1.165, 1.54) is 6.07 Å². The van der Waals surface area contributed by atoms with Gasteiger partial charge in [0, 0.05) is 30.2 Å². The van der Waals surface area contributed by atoms with Crippen molar-refractivity contribution in [3.8, 4) is 0 Å². The molecule has 0 radical (unpaired) electrons. The van der Waals surface area contributed by atoms with Gasteiger partial charge in [-0.2, -0.15) is 0 Å². The lowest BCUT2D eigenvalue weighted by Crippen LogP contribution is -2.30. The lowest BCUT2D eigenvalue weighted by Gasteiger charge is -2.08. The molecule has 0 aliphatic carbocycles. The lowest BCUT2D eigenvalue weighted by molar-refractivity contribution is 0.100. The van der Waals surface area contributed by atoms with Gasteiger partial charge in [-0.3, -0.25) is 4.79 Å². The molecule has 0 unspecified atom stereocenters. The number of sulfonamides is 1. The van der Waals surface area contributed by atoms with Crippen LogP contribution in [0.25, 0.3) is 0 Å². The third-order valence-electron chi connectivity index (χ3n) is 2.32. The van der Waals surface area contributed by atoms with Crippen molar-refractivity contribution < 1.29 is 13.2 Å². The Bertz CT molecular complexity index is 560. The van der Waals surface area contributed by atoms with Crippen LogP contribution in [-0.2, 0) is 16.6 Å². The van der Waals surface area contributed by atoms with E-state index in [4.69, 9.17) is 17.3 Å². The van der Waals surface area contributed by atoms with Crippen molar-refractivity contribution in [2.24, 2.45) is 5.73 Å². The Kier molecular flexibility index (Phi) is 5.74. The maximum Gasteiger partial charge on any atom is 0.248 e. The topological polar surface area (TPSA) is 101 Å². The number of carbonyl (C=O) groups excluding carboxylic acids is 1. The number of hydrogen-bond donors (Lipinski definition) is 3. The van der Waals surface area contributed by atoms with Gasteiger partial charge in [-0.1, -0.05) is 17.7 Å². The van der Waals surface area contributed by atoms with E-state index in [9.17, 15) is 13.2 Å². The van der Waals surface area contributed by atoms with E-state index in [0.717, 1.165) is 11.8 Å². The summed E-state index contributed by atoms with van der Waals surface area (Å²) in [5.41, 5.74) is 6.30. The van der Waals surface area contributed by atoms with Crippen molar-refractivity contribution in [3.05, 3.63) is 34.3 Å². The standard InChI is InChI=1S/C11H16ClN3O3S/c1-19(17,18)15-5-4-14-7-9-3-2-8(11(13)16)6-10(9)12/h2-3,6,14-15H,4-5,7H2,1H3,(H2,13,16). The van der Waals surface area contributed by atoms with Gasteiger partial charge in [-0.05, 0) is 17.7 Å². The quantitative estimate of drug-likeness (QED) is 0.621. The SMILES string of the molecule is CS(=O)(=O)NCCNCc1ccc(C(N)=O)cc1Cl. The van der Waals surface area contributed by atoms with E-state index in [2.05, 4.69) is 10.0 Å². The van der Waals surface area contributed by atoms with Crippen LogP contribution in [0.1, 0.15) is 15.9 Å². The summed E-state index contributed by atoms with van der Waals surface area (Å²) in [6.07, 6.45) is 1.10. The second-order valence-electron chi connectivity index (χ2n) is 4.01. The molecule has 0 aromatic heterocycles. The Hall–Kier alpha value is -1.15. The first-order valence-electron chi connectivity index (χ1n) is 5.53. The zero-order valence-corrected chi connectivity index (χ0v) is 12.0. The third-order valence-corrected chi connectivity index (χ3v) is 3.40. The van der Waals surface area contributed by atoms with Crippen molar-refractivity contribution in [2.45, 2.75) is 6.54 Å². The number of rotatable bonds is 7. The molecule has 0 fully saturated rings. The van der Waals surface area contributed by atoms with E-state index in [-0.39, 0.29) is 0 Å². The van der Waals surface area contributed by atoms with Crippen LogP contribution in [0.3, 0.4) is 0 Å². The molecule has 6 nitrogen and oxygen atoms in total. The van der Waals surface area contributed by atoms with Crippen molar-refractivity contribution in [2.75, 3.05) is 19.3 Å². The minimum atomic E-state index is -3.16. The molecule has 8 heteroatoms. The molecule has 106 valence electrons. The molecule has 1 aromatic rings. The molecule has 0 heterocycles. The zero-order valence-electron chi connectivity index (χ0n) is 10.4. The number of benzene rings is 1. The van der Waals surface area contributed by atoms with Gasteiger partial charge in [-0.15, -0.1) is 0 Å². The summed E-state index contributed by atoms with van der Waals surface area (Å²) in [6.45, 7) is 1.25. The van der Waals surface area contributed by atoms with E-state index in [0.29, 0.717) is 30.2 Å². The molecule has 0 atom stereocenters. The van der Waals surface area contributed by atoms with E-state index in [1.807, 2.05) is 0 Å². The molecule has 0 saturated heterocycles. The largest absolute Gasteiger partial charge is 0.366 e. The fraction of sp³-hybridized carbons (Fsp3) is 0.364. The van der Waals surface area contributed by atoms with Gasteiger partial charge < -0.3 is 11.1 Å². The fourth-order valence-electron chi connectivity index (χ4n) is 1.39. The summed E-state index contributed by atoms with van der Waals surface area (Å²) in [4.78, 5) is 10.9. The van der Waals surface area contributed by atoms with Gasteiger partial charge in [-0.25, -0.2) is 13.1 Å². The Morgan fingerprint density at radius 2 is 2.05 bits per heavy atom. The molecule has 1 rings (SSSR count). The monoisotopic (exact) mass is 305 g/mol. The highest BCUT2D eigenvalue weighted by Gasteiger charge is 2.05. The molecule has 1 aromatic carbocycles. The zero-order chi connectivity index (χ0) is 14.5. The van der Waals surface area contributed by atoms with E-state index >= 15 is 0 Å². The number of nitrogens with one attached hydrogen (secondary N) is 2. The second-order valence-corrected chi connectivity index (χ2v) is 6.25. The van der Waals surface area contributed by atoms with Crippen LogP contribution in [0.15, 0.2) is 18.2 Å². The van der Waals surface area contributed by atoms with Crippen LogP contribution < -0.4 is 15.8 Å². The molecule has 0 aliphatic heterocycles. The van der Waals surface area contributed by atoms with Gasteiger partial charge in [0.05, 0.1) is 6.26 Å². The minimum absolute atomic E-state index is 0.301. The van der Waals surface area contributed by atoms with Gasteiger partial charge in [0.25, 0.3) is 0 Å². The summed E-state index contributed by atoms with van der Waals surface area (Å²) in [5.74, 6) is -0.529. The number of carbonyl (C=O) groups is 1. The minimum Gasteiger partial charge on any atom is -0.366 e. The molecule has 1 amide bonds. The summed E-state index contributed by atoms with van der Waals surface area (Å²) in [7, 11) is -3.16. The molecular formula is C11H16ClN3O3S. The summed E-state index contributed by atoms with van der Waals surface area (Å²) in [5, 5.41) is 3.48. The van der Waals surface area contributed by atoms with Gasteiger partial charge in [0.15, 0.2) is 0 Å². The molecule has 0 spiro atoms. The van der Waals surface area contributed by atoms with Crippen LogP contribution in [-0.4, -0.2) is 33.7 Å². The number of primary amides is 1. The number of halogens is 1. The van der Waals surface area contributed by atoms with Crippen LogP contribution in [0.5, 0.6) is 0 Å². The highest BCUT2D eigenvalue weighted by Crippen LogP contribution is 2.17. The molecule has 0 saturated carbocycles. The van der Waals surface area contributed by atoms with E-state index in [1.54, 1.807) is 12.1 Å². The average molecular weight is 306 g/mol.